The molecule has 4 fully saturated rings. The van der Waals surface area contributed by atoms with E-state index in [-0.39, 0.29) is 55.5 Å². The number of benzene rings is 2. The highest BCUT2D eigenvalue weighted by Crippen LogP contribution is 2.46. The highest BCUT2D eigenvalue weighted by Gasteiger charge is 2.49. The van der Waals surface area contributed by atoms with Gasteiger partial charge in [-0.3, -0.25) is 4.90 Å². The molecule has 2 aromatic carbocycles. The number of rotatable bonds is 5. The molecule has 8 nitrogen and oxygen atoms in total. The molecule has 0 unspecified atom stereocenters. The lowest BCUT2D eigenvalue weighted by Crippen LogP contribution is -2.43. The molecule has 4 aliphatic rings. The number of nitrogens with two attached hydrogens (primary N) is 1. The van der Waals surface area contributed by atoms with Crippen molar-refractivity contribution in [2.24, 2.45) is 11.8 Å². The highest BCUT2D eigenvalue weighted by molar-refractivity contribution is 7.23. The van der Waals surface area contributed by atoms with Crippen molar-refractivity contribution in [1.29, 1.82) is 10.5 Å². The van der Waals surface area contributed by atoms with Crippen LogP contribution in [-0.4, -0.2) is 59.4 Å². The summed E-state index contributed by atoms with van der Waals surface area (Å²) in [6.45, 7) is 2.89. The monoisotopic (exact) mass is 629 g/mol. The smallest absolute Gasteiger partial charge is 0.319 e. The normalized spacial score (nSPS) is 26.0. The summed E-state index contributed by atoms with van der Waals surface area (Å²) >= 11 is 0.909. The number of thiophene rings is 1. The number of ether oxygens (including phenoxy) is 1. The third-order valence-electron chi connectivity index (χ3n) is 10.3. The summed E-state index contributed by atoms with van der Waals surface area (Å²) in [5.41, 5.74) is 5.73. The van der Waals surface area contributed by atoms with E-state index in [1.807, 2.05) is 6.07 Å². The summed E-state index contributed by atoms with van der Waals surface area (Å²) in [6, 6.07) is 8.29. The van der Waals surface area contributed by atoms with Crippen LogP contribution in [0.15, 0.2) is 18.2 Å². The number of nitrogens with zero attached hydrogens (tertiary/aromatic N) is 6. The fourth-order valence-corrected chi connectivity index (χ4v) is 9.33. The van der Waals surface area contributed by atoms with E-state index < -0.39 is 23.3 Å². The highest BCUT2D eigenvalue weighted by atomic mass is 32.1. The van der Waals surface area contributed by atoms with Gasteiger partial charge in [-0.1, -0.05) is 6.07 Å². The van der Waals surface area contributed by atoms with Gasteiger partial charge in [-0.05, 0) is 68.2 Å². The summed E-state index contributed by atoms with van der Waals surface area (Å²) in [5, 5.41) is 20.8. The first-order chi connectivity index (χ1) is 21.8. The van der Waals surface area contributed by atoms with E-state index >= 15 is 4.39 Å². The lowest BCUT2D eigenvalue weighted by molar-refractivity contribution is 0.107. The van der Waals surface area contributed by atoms with Gasteiger partial charge in [0.2, 0.25) is 0 Å². The molecular weight excluding hydrogens is 599 g/mol. The Morgan fingerprint density at radius 3 is 2.67 bits per heavy atom. The Morgan fingerprint density at radius 2 is 1.91 bits per heavy atom. The molecule has 1 aliphatic carbocycles. The third kappa shape index (κ3) is 4.41. The largest absolute Gasteiger partial charge is 0.461 e. The predicted octanol–water partition coefficient (Wildman–Crippen LogP) is 6.31. The zero-order chi connectivity index (χ0) is 31.0. The van der Waals surface area contributed by atoms with Gasteiger partial charge in [-0.2, -0.15) is 20.5 Å². The molecule has 0 radical (unpaired) electrons. The number of nitrogen functional groups attached to an aromatic ring is 1. The molecule has 2 bridgehead atoms. The number of piperidine rings is 1. The molecule has 2 aromatic heterocycles. The maximum atomic E-state index is 17.0. The van der Waals surface area contributed by atoms with Crippen LogP contribution in [0.25, 0.3) is 32.1 Å². The minimum atomic E-state index is -0.924. The summed E-state index contributed by atoms with van der Waals surface area (Å²) in [6.07, 6.45) is 4.62. The minimum Gasteiger partial charge on any atom is -0.461 e. The molecule has 1 saturated carbocycles. The molecule has 4 aromatic rings. The van der Waals surface area contributed by atoms with Crippen LogP contribution in [0.5, 0.6) is 6.01 Å². The maximum absolute atomic E-state index is 17.0. The number of halogens is 3. The predicted molar refractivity (Wildman–Crippen MR) is 166 cm³/mol. The van der Waals surface area contributed by atoms with Crippen molar-refractivity contribution >= 4 is 43.1 Å². The van der Waals surface area contributed by atoms with E-state index in [9.17, 15) is 19.3 Å². The summed E-state index contributed by atoms with van der Waals surface area (Å²) in [4.78, 5) is 13.7. The first-order valence-electron chi connectivity index (χ1n) is 15.4. The second kappa shape index (κ2) is 10.5. The van der Waals surface area contributed by atoms with E-state index in [0.29, 0.717) is 36.0 Å². The van der Waals surface area contributed by atoms with Crippen molar-refractivity contribution in [3.05, 3.63) is 41.0 Å². The topological polar surface area (TPSA) is 115 Å². The lowest BCUT2D eigenvalue weighted by atomic mass is 9.93. The number of nitriles is 2. The first kappa shape index (κ1) is 28.4. The summed E-state index contributed by atoms with van der Waals surface area (Å²) in [5.74, 6) is 0.138. The summed E-state index contributed by atoms with van der Waals surface area (Å²) in [7, 11) is 0. The van der Waals surface area contributed by atoms with Crippen LogP contribution >= 0.6 is 11.3 Å². The van der Waals surface area contributed by atoms with Crippen molar-refractivity contribution in [3.63, 3.8) is 0 Å². The van der Waals surface area contributed by atoms with Gasteiger partial charge in [0, 0.05) is 42.4 Å². The molecule has 230 valence electrons. The molecule has 45 heavy (non-hydrogen) atoms. The zero-order valence-corrected chi connectivity index (χ0v) is 25.3. The Balaban J connectivity index is 1.31. The lowest BCUT2D eigenvalue weighted by Gasteiger charge is -2.34. The first-order valence-corrected chi connectivity index (χ1v) is 16.2. The van der Waals surface area contributed by atoms with E-state index in [2.05, 4.69) is 20.9 Å². The molecule has 0 amide bonds. The fraction of sp³-hybridized carbons (Fsp3) is 0.455. The zero-order valence-electron chi connectivity index (χ0n) is 24.5. The average Bonchev–Trinajstić information content (AvgIpc) is 3.76. The fourth-order valence-electron chi connectivity index (χ4n) is 8.39. The van der Waals surface area contributed by atoms with Gasteiger partial charge in [0.25, 0.3) is 0 Å². The molecular formula is C33H30F3N7OS. The summed E-state index contributed by atoms with van der Waals surface area (Å²) < 4.78 is 52.7. The van der Waals surface area contributed by atoms with Gasteiger partial charge in [-0.15, -0.1) is 11.3 Å². The van der Waals surface area contributed by atoms with Crippen molar-refractivity contribution in [3.8, 4) is 29.3 Å². The number of alkyl halides is 1. The Bertz CT molecular complexity index is 1960. The van der Waals surface area contributed by atoms with Crippen LogP contribution in [-0.2, 0) is 0 Å². The second-order valence-corrected chi connectivity index (χ2v) is 14.1. The minimum absolute atomic E-state index is 0.00439. The second-order valence-electron chi connectivity index (χ2n) is 13.0. The Hall–Kier alpha value is -4.13. The average molecular weight is 630 g/mol. The molecule has 3 saturated heterocycles. The number of aromatic nitrogens is 2. The van der Waals surface area contributed by atoms with E-state index in [1.54, 1.807) is 6.07 Å². The third-order valence-corrected chi connectivity index (χ3v) is 11.4. The van der Waals surface area contributed by atoms with Crippen LogP contribution in [0.1, 0.15) is 49.7 Å². The molecule has 0 spiro atoms. The standard InChI is InChI=1S/C33H30F3N7OS/c34-20-10-33(6-1-7-43(33)15-20)16-44-32-40-28-22(31(41-32)42-13-17-2-3-18(8-17)14-42)9-19(11-37)25(27(28)36)21-4-5-24(35)29-26(21)23(12-38)30(39)45-29/h4-5,9,17-18,20H,1-3,6-8,10,13-16,39H2/t17-,18+,20-,33+/m1/s1. The van der Waals surface area contributed by atoms with Gasteiger partial charge in [-0.25, -0.2) is 13.2 Å². The quantitative estimate of drug-likeness (QED) is 0.273. The van der Waals surface area contributed by atoms with Crippen LogP contribution in [0.2, 0.25) is 0 Å². The van der Waals surface area contributed by atoms with E-state index in [1.165, 1.54) is 12.1 Å². The molecule has 12 heteroatoms. The van der Waals surface area contributed by atoms with Gasteiger partial charge >= 0.3 is 6.01 Å². The molecule has 4 atom stereocenters. The number of anilines is 2. The number of fused-ring (bicyclic) bond motifs is 5. The maximum Gasteiger partial charge on any atom is 0.319 e. The molecule has 8 rings (SSSR count). The van der Waals surface area contributed by atoms with E-state index in [4.69, 9.17) is 15.5 Å². The van der Waals surface area contributed by atoms with E-state index in [0.717, 1.165) is 63.1 Å². The Morgan fingerprint density at radius 1 is 1.11 bits per heavy atom. The van der Waals surface area contributed by atoms with Crippen LogP contribution in [0.4, 0.5) is 24.0 Å². The van der Waals surface area contributed by atoms with Gasteiger partial charge in [0.15, 0.2) is 5.82 Å². The van der Waals surface area contributed by atoms with Crippen molar-refractivity contribution in [2.75, 3.05) is 43.4 Å². The van der Waals surface area contributed by atoms with Gasteiger partial charge in [0.05, 0.1) is 27.4 Å². The molecule has 2 N–H and O–H groups in total. The van der Waals surface area contributed by atoms with Gasteiger partial charge in [0.1, 0.15) is 41.0 Å². The molecule has 3 aliphatic heterocycles. The SMILES string of the molecule is N#Cc1cc2c(N3C[C@@H]4CC[C@@H](C4)C3)nc(OC[C@@]34CCCN3C[C@H](F)C4)nc2c(F)c1-c1ccc(F)c2sc(N)c(C#N)c12. The van der Waals surface area contributed by atoms with Gasteiger partial charge < -0.3 is 15.4 Å². The van der Waals surface area contributed by atoms with Crippen molar-refractivity contribution < 1.29 is 17.9 Å². The number of hydrogen-bond acceptors (Lipinski definition) is 9. The van der Waals surface area contributed by atoms with Crippen molar-refractivity contribution in [1.82, 2.24) is 14.9 Å². The molecule has 5 heterocycles. The van der Waals surface area contributed by atoms with Crippen molar-refractivity contribution in [2.45, 2.75) is 50.2 Å². The Labute approximate surface area is 261 Å². The van der Waals surface area contributed by atoms with Crippen LogP contribution < -0.4 is 15.4 Å². The number of hydrogen-bond donors (Lipinski definition) is 1. The van der Waals surface area contributed by atoms with Crippen LogP contribution in [0, 0.1) is 46.1 Å². The Kier molecular flexibility index (Phi) is 6.59. The van der Waals surface area contributed by atoms with Crippen LogP contribution in [0.3, 0.4) is 0 Å².